The number of hydrazine groups is 1. The maximum atomic E-state index is 6.06. The Labute approximate surface area is 102 Å². The number of halogens is 2. The summed E-state index contributed by atoms with van der Waals surface area (Å²) in [4.78, 5) is 0. The van der Waals surface area contributed by atoms with E-state index in [0.29, 0.717) is 5.92 Å². The van der Waals surface area contributed by atoms with Crippen LogP contribution >= 0.6 is 34.2 Å². The highest BCUT2D eigenvalue weighted by atomic mass is 127. The summed E-state index contributed by atoms with van der Waals surface area (Å²) in [5.74, 6) is 6.23. The largest absolute Gasteiger partial charge is 0.271 e. The fraction of sp³-hybridized carbons (Fsp3) is 0.400. The van der Waals surface area contributed by atoms with Gasteiger partial charge in [0.15, 0.2) is 0 Å². The molecule has 0 aliphatic heterocycles. The van der Waals surface area contributed by atoms with E-state index in [-0.39, 0.29) is 6.04 Å². The molecule has 2 nitrogen and oxygen atoms in total. The predicted molar refractivity (Wildman–Crippen MR) is 67.0 cm³/mol. The summed E-state index contributed by atoms with van der Waals surface area (Å²) in [6.45, 7) is 0. The molecule has 0 bridgehead atoms. The van der Waals surface area contributed by atoms with Gasteiger partial charge in [0.1, 0.15) is 0 Å². The number of nitrogens with two attached hydrogens (primary N) is 1. The molecule has 0 radical (unpaired) electrons. The molecule has 1 aliphatic rings. The third-order valence-electron chi connectivity index (χ3n) is 2.58. The standard InChI is InChI=1S/C10H12ClIN2/c11-8-5-7(3-4-9(8)12)10(14-13)6-1-2-6/h3-6,10,14H,1-2,13H2. The molecule has 1 saturated carbocycles. The summed E-state index contributed by atoms with van der Waals surface area (Å²) in [5, 5.41) is 0.809. The molecule has 1 aromatic rings. The topological polar surface area (TPSA) is 38.0 Å². The van der Waals surface area contributed by atoms with Gasteiger partial charge < -0.3 is 0 Å². The molecule has 0 heterocycles. The normalized spacial score (nSPS) is 18.2. The van der Waals surface area contributed by atoms with Gasteiger partial charge >= 0.3 is 0 Å². The third kappa shape index (κ3) is 2.21. The number of benzene rings is 1. The second-order valence-electron chi connectivity index (χ2n) is 3.66. The average molecular weight is 323 g/mol. The van der Waals surface area contributed by atoms with E-state index >= 15 is 0 Å². The Bertz CT molecular complexity index is 339. The zero-order chi connectivity index (χ0) is 10.1. The van der Waals surface area contributed by atoms with Crippen molar-refractivity contribution in [2.45, 2.75) is 18.9 Å². The van der Waals surface area contributed by atoms with Gasteiger partial charge in [-0.15, -0.1) is 0 Å². The molecule has 4 heteroatoms. The van der Waals surface area contributed by atoms with E-state index < -0.39 is 0 Å². The van der Waals surface area contributed by atoms with Crippen molar-refractivity contribution in [2.75, 3.05) is 0 Å². The predicted octanol–water partition coefficient (Wildman–Crippen LogP) is 2.86. The molecule has 1 fully saturated rings. The SMILES string of the molecule is NNC(c1ccc(I)c(Cl)c1)C1CC1. The van der Waals surface area contributed by atoms with Crippen molar-refractivity contribution in [3.05, 3.63) is 32.4 Å². The van der Waals surface area contributed by atoms with Crippen LogP contribution < -0.4 is 11.3 Å². The van der Waals surface area contributed by atoms with E-state index in [1.165, 1.54) is 18.4 Å². The van der Waals surface area contributed by atoms with Crippen molar-refractivity contribution in [3.63, 3.8) is 0 Å². The Morgan fingerprint density at radius 1 is 1.50 bits per heavy atom. The molecule has 0 amide bonds. The van der Waals surface area contributed by atoms with Gasteiger partial charge in [0.25, 0.3) is 0 Å². The lowest BCUT2D eigenvalue weighted by atomic mass is 10.0. The first-order valence-electron chi connectivity index (χ1n) is 4.63. The van der Waals surface area contributed by atoms with Crippen molar-refractivity contribution >= 4 is 34.2 Å². The first-order valence-corrected chi connectivity index (χ1v) is 6.09. The fourth-order valence-electron chi connectivity index (χ4n) is 1.64. The van der Waals surface area contributed by atoms with E-state index in [1.807, 2.05) is 12.1 Å². The van der Waals surface area contributed by atoms with Crippen molar-refractivity contribution in [1.29, 1.82) is 0 Å². The second kappa shape index (κ2) is 4.35. The van der Waals surface area contributed by atoms with Gasteiger partial charge in [0, 0.05) is 9.61 Å². The summed E-state index contributed by atoms with van der Waals surface area (Å²) < 4.78 is 1.08. The van der Waals surface area contributed by atoms with Crippen molar-refractivity contribution < 1.29 is 0 Å². The van der Waals surface area contributed by atoms with Crippen molar-refractivity contribution in [2.24, 2.45) is 11.8 Å². The lowest BCUT2D eigenvalue weighted by Crippen LogP contribution is -2.29. The highest BCUT2D eigenvalue weighted by Crippen LogP contribution is 2.41. The van der Waals surface area contributed by atoms with Crippen molar-refractivity contribution in [1.82, 2.24) is 5.43 Å². The zero-order valence-corrected chi connectivity index (χ0v) is 10.5. The number of hydrogen-bond acceptors (Lipinski definition) is 2. The van der Waals surface area contributed by atoms with E-state index in [4.69, 9.17) is 17.4 Å². The summed E-state index contributed by atoms with van der Waals surface area (Å²) >= 11 is 8.29. The molecule has 0 saturated heterocycles. The minimum Gasteiger partial charge on any atom is -0.271 e. The van der Waals surface area contributed by atoms with Crippen LogP contribution in [0.4, 0.5) is 0 Å². The summed E-state index contributed by atoms with van der Waals surface area (Å²) in [7, 11) is 0. The minimum atomic E-state index is 0.268. The Morgan fingerprint density at radius 2 is 2.21 bits per heavy atom. The Hall–Kier alpha value is 0.160. The molecule has 1 unspecified atom stereocenters. The van der Waals surface area contributed by atoms with Crippen LogP contribution in [-0.4, -0.2) is 0 Å². The van der Waals surface area contributed by atoms with E-state index in [0.717, 1.165) is 8.59 Å². The third-order valence-corrected chi connectivity index (χ3v) is 4.15. The Morgan fingerprint density at radius 3 is 2.71 bits per heavy atom. The van der Waals surface area contributed by atoms with Crippen LogP contribution in [0.1, 0.15) is 24.4 Å². The summed E-state index contributed by atoms with van der Waals surface area (Å²) in [5.41, 5.74) is 4.06. The highest BCUT2D eigenvalue weighted by molar-refractivity contribution is 14.1. The molecule has 0 aromatic heterocycles. The van der Waals surface area contributed by atoms with Crippen LogP contribution in [0.3, 0.4) is 0 Å². The van der Waals surface area contributed by atoms with Gasteiger partial charge in [-0.1, -0.05) is 17.7 Å². The summed E-state index contributed by atoms with van der Waals surface area (Å²) in [6.07, 6.45) is 2.52. The molecule has 2 rings (SSSR count). The quantitative estimate of drug-likeness (QED) is 0.510. The van der Waals surface area contributed by atoms with Crippen LogP contribution in [0.2, 0.25) is 5.02 Å². The van der Waals surface area contributed by atoms with E-state index in [9.17, 15) is 0 Å². The number of rotatable bonds is 3. The first kappa shape index (κ1) is 10.7. The number of hydrogen-bond donors (Lipinski definition) is 2. The van der Waals surface area contributed by atoms with Crippen LogP contribution in [0.15, 0.2) is 18.2 Å². The lowest BCUT2D eigenvalue weighted by molar-refractivity contribution is 0.497. The summed E-state index contributed by atoms with van der Waals surface area (Å²) in [6, 6.07) is 6.40. The fourth-order valence-corrected chi connectivity index (χ4v) is 2.16. The maximum absolute atomic E-state index is 6.06. The number of nitrogens with one attached hydrogen (secondary N) is 1. The van der Waals surface area contributed by atoms with Gasteiger partial charge in [-0.2, -0.15) is 0 Å². The Balaban J connectivity index is 2.25. The van der Waals surface area contributed by atoms with Gasteiger partial charge in [-0.25, -0.2) is 0 Å². The van der Waals surface area contributed by atoms with Crippen molar-refractivity contribution in [3.8, 4) is 0 Å². The van der Waals surface area contributed by atoms with Crippen LogP contribution in [0.5, 0.6) is 0 Å². The van der Waals surface area contributed by atoms with Gasteiger partial charge in [0.05, 0.1) is 5.02 Å². The van der Waals surface area contributed by atoms with Crippen LogP contribution in [-0.2, 0) is 0 Å². The lowest BCUT2D eigenvalue weighted by Gasteiger charge is -2.15. The van der Waals surface area contributed by atoms with E-state index in [2.05, 4.69) is 34.1 Å². The molecule has 1 atom stereocenters. The van der Waals surface area contributed by atoms with Gasteiger partial charge in [-0.05, 0) is 59.0 Å². The molecule has 3 N–H and O–H groups in total. The molecular formula is C10H12ClIN2. The zero-order valence-electron chi connectivity index (χ0n) is 7.63. The molecule has 76 valence electrons. The molecule has 1 aromatic carbocycles. The molecule has 1 aliphatic carbocycles. The molecular weight excluding hydrogens is 310 g/mol. The minimum absolute atomic E-state index is 0.268. The van der Waals surface area contributed by atoms with E-state index in [1.54, 1.807) is 0 Å². The molecule has 14 heavy (non-hydrogen) atoms. The molecule has 0 spiro atoms. The smallest absolute Gasteiger partial charge is 0.0542 e. The van der Waals surface area contributed by atoms with Gasteiger partial charge in [-0.3, -0.25) is 11.3 Å². The Kier molecular flexibility index (Phi) is 3.31. The maximum Gasteiger partial charge on any atom is 0.0542 e. The second-order valence-corrected chi connectivity index (χ2v) is 5.22. The van der Waals surface area contributed by atoms with Crippen LogP contribution in [0, 0.1) is 9.49 Å². The highest BCUT2D eigenvalue weighted by Gasteiger charge is 2.31. The first-order chi connectivity index (χ1) is 6.72. The average Bonchev–Trinajstić information content (AvgIpc) is 2.96. The van der Waals surface area contributed by atoms with Crippen LogP contribution in [0.25, 0.3) is 0 Å². The monoisotopic (exact) mass is 322 g/mol. The van der Waals surface area contributed by atoms with Gasteiger partial charge in [0.2, 0.25) is 0 Å².